The smallest absolute Gasteiger partial charge is 0.192 e. The molecule has 1 fully saturated rings. The van der Waals surface area contributed by atoms with Crippen LogP contribution in [0.1, 0.15) is 48.5 Å². The van der Waals surface area contributed by atoms with Gasteiger partial charge in [-0.05, 0) is 49.3 Å². The Bertz CT molecular complexity index is 813. The molecule has 3 rings (SSSR count). The molecule has 1 aromatic carbocycles. The summed E-state index contributed by atoms with van der Waals surface area (Å²) < 4.78 is 15.6. The molecule has 8 heteroatoms. The van der Waals surface area contributed by atoms with Crippen LogP contribution >= 0.6 is 11.8 Å². The number of rotatable bonds is 7. The first-order chi connectivity index (χ1) is 13.6. The van der Waals surface area contributed by atoms with Crippen molar-refractivity contribution in [2.75, 3.05) is 6.26 Å². The molecule has 6 nitrogen and oxygen atoms in total. The zero-order chi connectivity index (χ0) is 19.9. The minimum atomic E-state index is -0.197. The molecular weight excluding hydrogens is 375 g/mol. The van der Waals surface area contributed by atoms with Gasteiger partial charge in [0.25, 0.3) is 0 Å². The number of aliphatic imine (C=N–C) groups is 1. The summed E-state index contributed by atoms with van der Waals surface area (Å²) in [6.07, 6.45) is 6.86. The summed E-state index contributed by atoms with van der Waals surface area (Å²) in [5.41, 5.74) is 2.05. The fraction of sp³-hybridized carbons (Fsp3) is 0.550. The molecule has 1 aromatic heterocycles. The highest BCUT2D eigenvalue weighted by Crippen LogP contribution is 2.19. The lowest BCUT2D eigenvalue weighted by Crippen LogP contribution is -2.42. The second-order valence-electron chi connectivity index (χ2n) is 7.21. The van der Waals surface area contributed by atoms with E-state index >= 15 is 0 Å². The molecule has 1 heterocycles. The number of aryl methyl sites for hydroxylation is 1. The summed E-state index contributed by atoms with van der Waals surface area (Å²) in [6, 6.07) is 5.41. The Hall–Kier alpha value is -2.09. The summed E-state index contributed by atoms with van der Waals surface area (Å²) in [6.45, 7) is 3.00. The van der Waals surface area contributed by atoms with Crippen LogP contribution in [0, 0.1) is 12.7 Å². The first-order valence-corrected chi connectivity index (χ1v) is 11.1. The predicted molar refractivity (Wildman–Crippen MR) is 113 cm³/mol. The summed E-state index contributed by atoms with van der Waals surface area (Å²) >= 11 is 1.69. The van der Waals surface area contributed by atoms with Crippen molar-refractivity contribution in [3.05, 3.63) is 46.8 Å². The molecule has 0 amide bonds. The van der Waals surface area contributed by atoms with Gasteiger partial charge in [-0.25, -0.2) is 9.38 Å². The number of nitrogens with zero attached hydrogens (tertiary/aromatic N) is 4. The summed E-state index contributed by atoms with van der Waals surface area (Å²) in [4.78, 5) is 4.79. The lowest BCUT2D eigenvalue weighted by Gasteiger charge is -2.17. The third kappa shape index (κ3) is 5.47. The topological polar surface area (TPSA) is 67.1 Å². The van der Waals surface area contributed by atoms with Crippen LogP contribution in [-0.2, 0) is 25.9 Å². The fourth-order valence-corrected chi connectivity index (χ4v) is 3.97. The molecule has 2 N–H and O–H groups in total. The van der Waals surface area contributed by atoms with Crippen LogP contribution in [0.4, 0.5) is 4.39 Å². The van der Waals surface area contributed by atoms with E-state index in [9.17, 15) is 4.39 Å². The highest BCUT2D eigenvalue weighted by atomic mass is 32.2. The van der Waals surface area contributed by atoms with Gasteiger partial charge in [0.2, 0.25) is 0 Å². The molecule has 0 bridgehead atoms. The third-order valence-electron chi connectivity index (χ3n) is 5.17. The lowest BCUT2D eigenvalue weighted by atomic mass is 10.1. The summed E-state index contributed by atoms with van der Waals surface area (Å²) in [7, 11) is 1.96. The zero-order valence-corrected chi connectivity index (χ0v) is 17.7. The summed E-state index contributed by atoms with van der Waals surface area (Å²) in [5.74, 6) is 3.10. The van der Waals surface area contributed by atoms with Gasteiger partial charge in [0.05, 0.1) is 13.1 Å². The molecule has 0 spiro atoms. The lowest BCUT2D eigenvalue weighted by molar-refractivity contribution is 0.606. The standard InChI is InChI=1S/C20H29FN6S/c1-14-25-26-19(27(14)2)12-23-20(24-18-6-4-5-7-18)22-11-15-8-9-17(21)10-16(15)13-28-3/h8-10,18H,4-7,11-13H2,1-3H3,(H2,22,23,24). The van der Waals surface area contributed by atoms with Crippen LogP contribution in [-0.4, -0.2) is 33.0 Å². The van der Waals surface area contributed by atoms with E-state index in [1.165, 1.54) is 18.9 Å². The SMILES string of the molecule is CSCc1cc(F)ccc1CN=C(NCc1nnc(C)n1C)NC1CCCC1. The van der Waals surface area contributed by atoms with Gasteiger partial charge in [0, 0.05) is 18.8 Å². The second kappa shape index (κ2) is 9.91. The second-order valence-corrected chi connectivity index (χ2v) is 8.08. The number of hydrogen-bond acceptors (Lipinski definition) is 4. The number of halogens is 1. The molecule has 1 aliphatic rings. The van der Waals surface area contributed by atoms with Crippen LogP contribution in [0.5, 0.6) is 0 Å². The van der Waals surface area contributed by atoms with Gasteiger partial charge in [-0.3, -0.25) is 0 Å². The van der Waals surface area contributed by atoms with Crippen molar-refractivity contribution in [2.45, 2.75) is 57.5 Å². The molecule has 0 aliphatic heterocycles. The molecule has 0 radical (unpaired) electrons. The Morgan fingerprint density at radius 1 is 1.29 bits per heavy atom. The quantitative estimate of drug-likeness (QED) is 0.547. The Morgan fingerprint density at radius 3 is 2.75 bits per heavy atom. The minimum Gasteiger partial charge on any atom is -0.354 e. The Labute approximate surface area is 170 Å². The van der Waals surface area contributed by atoms with Gasteiger partial charge in [-0.2, -0.15) is 11.8 Å². The van der Waals surface area contributed by atoms with E-state index in [1.54, 1.807) is 17.8 Å². The highest BCUT2D eigenvalue weighted by molar-refractivity contribution is 7.97. The van der Waals surface area contributed by atoms with Gasteiger partial charge in [-0.15, -0.1) is 10.2 Å². The van der Waals surface area contributed by atoms with Gasteiger partial charge < -0.3 is 15.2 Å². The van der Waals surface area contributed by atoms with E-state index in [0.29, 0.717) is 19.1 Å². The van der Waals surface area contributed by atoms with E-state index in [1.807, 2.05) is 30.9 Å². The number of guanidine groups is 1. The van der Waals surface area contributed by atoms with Crippen molar-refractivity contribution in [1.82, 2.24) is 25.4 Å². The largest absolute Gasteiger partial charge is 0.354 e. The maximum atomic E-state index is 13.6. The van der Waals surface area contributed by atoms with Gasteiger partial charge in [0.15, 0.2) is 11.8 Å². The minimum absolute atomic E-state index is 0.197. The number of hydrogen-bond donors (Lipinski definition) is 2. The molecule has 2 aromatic rings. The molecule has 152 valence electrons. The van der Waals surface area contributed by atoms with Gasteiger partial charge in [-0.1, -0.05) is 18.9 Å². The zero-order valence-electron chi connectivity index (χ0n) is 16.8. The van der Waals surface area contributed by atoms with Crippen LogP contribution in [0.2, 0.25) is 0 Å². The van der Waals surface area contributed by atoms with Crippen LogP contribution in [0.3, 0.4) is 0 Å². The van der Waals surface area contributed by atoms with Crippen molar-refractivity contribution < 1.29 is 4.39 Å². The van der Waals surface area contributed by atoms with Crippen molar-refractivity contribution in [1.29, 1.82) is 0 Å². The van der Waals surface area contributed by atoms with Crippen LogP contribution in [0.25, 0.3) is 0 Å². The van der Waals surface area contributed by atoms with Crippen molar-refractivity contribution in [2.24, 2.45) is 12.0 Å². The normalized spacial score (nSPS) is 15.2. The van der Waals surface area contributed by atoms with E-state index in [4.69, 9.17) is 4.99 Å². The molecule has 1 aliphatic carbocycles. The number of nitrogens with one attached hydrogen (secondary N) is 2. The number of thioether (sulfide) groups is 1. The number of benzene rings is 1. The Morgan fingerprint density at radius 2 is 2.07 bits per heavy atom. The Balaban J connectivity index is 1.73. The molecule has 0 atom stereocenters. The van der Waals surface area contributed by atoms with Gasteiger partial charge >= 0.3 is 0 Å². The average molecular weight is 405 g/mol. The maximum absolute atomic E-state index is 13.6. The molecular formula is C20H29FN6S. The molecule has 0 unspecified atom stereocenters. The van der Waals surface area contributed by atoms with Crippen molar-refractivity contribution in [3.63, 3.8) is 0 Å². The Kier molecular flexibility index (Phi) is 7.30. The summed E-state index contributed by atoms with van der Waals surface area (Å²) in [5, 5.41) is 15.2. The van der Waals surface area contributed by atoms with Gasteiger partial charge in [0.1, 0.15) is 11.6 Å². The van der Waals surface area contributed by atoms with Crippen LogP contribution in [0.15, 0.2) is 23.2 Å². The van der Waals surface area contributed by atoms with Crippen molar-refractivity contribution >= 4 is 17.7 Å². The van der Waals surface area contributed by atoms with E-state index in [-0.39, 0.29) is 5.82 Å². The third-order valence-corrected chi connectivity index (χ3v) is 5.77. The first-order valence-electron chi connectivity index (χ1n) is 9.72. The predicted octanol–water partition coefficient (Wildman–Crippen LogP) is 3.30. The van der Waals surface area contributed by atoms with Crippen LogP contribution < -0.4 is 10.6 Å². The monoisotopic (exact) mass is 404 g/mol. The average Bonchev–Trinajstić information content (AvgIpc) is 3.30. The fourth-order valence-electron chi connectivity index (χ4n) is 3.39. The highest BCUT2D eigenvalue weighted by Gasteiger charge is 2.17. The van der Waals surface area contributed by atoms with E-state index in [0.717, 1.165) is 47.3 Å². The van der Waals surface area contributed by atoms with E-state index < -0.39 is 0 Å². The van der Waals surface area contributed by atoms with Crippen molar-refractivity contribution in [3.8, 4) is 0 Å². The molecule has 28 heavy (non-hydrogen) atoms. The maximum Gasteiger partial charge on any atom is 0.192 e. The van der Waals surface area contributed by atoms with E-state index in [2.05, 4.69) is 20.8 Å². The molecule has 1 saturated carbocycles. The number of aromatic nitrogens is 3. The first kappa shape index (κ1) is 20.6. The molecule has 0 saturated heterocycles.